The van der Waals surface area contributed by atoms with E-state index in [1.165, 1.54) is 0 Å². The van der Waals surface area contributed by atoms with Crippen LogP contribution in [0.15, 0.2) is 22.2 Å². The Labute approximate surface area is 81.1 Å². The number of halogens is 1. The Morgan fingerprint density at radius 1 is 1.50 bits per heavy atom. The van der Waals surface area contributed by atoms with Gasteiger partial charge < -0.3 is 5.11 Å². The van der Waals surface area contributed by atoms with Crippen molar-refractivity contribution in [1.82, 2.24) is 0 Å². The van der Waals surface area contributed by atoms with E-state index in [0.717, 1.165) is 10.1 Å². The van der Waals surface area contributed by atoms with Crippen LogP contribution in [-0.2, 0) is 4.79 Å². The maximum atomic E-state index is 10.2. The van der Waals surface area contributed by atoms with Gasteiger partial charge in [0.05, 0.1) is 0 Å². The van der Waals surface area contributed by atoms with Crippen molar-refractivity contribution in [2.45, 2.75) is 26.7 Å². The summed E-state index contributed by atoms with van der Waals surface area (Å²) in [4.78, 5) is 10.2. The monoisotopic (exact) mass is 232 g/mol. The number of hydrogen-bond acceptors (Lipinski definition) is 1. The normalized spacial score (nSPS) is 13.2. The molecule has 0 fully saturated rings. The van der Waals surface area contributed by atoms with Gasteiger partial charge in [0.2, 0.25) is 0 Å². The summed E-state index contributed by atoms with van der Waals surface area (Å²) in [5.74, 6) is -0.755. The van der Waals surface area contributed by atoms with Crippen molar-refractivity contribution >= 4 is 21.9 Å². The van der Waals surface area contributed by atoms with Crippen LogP contribution in [0.25, 0.3) is 0 Å². The lowest BCUT2D eigenvalue weighted by Crippen LogP contribution is -1.94. The average Bonchev–Trinajstić information content (AvgIpc) is 2.00. The number of carboxylic acid groups (broad SMARTS) is 1. The number of carboxylic acids is 1. The van der Waals surface area contributed by atoms with Crippen molar-refractivity contribution in [2.75, 3.05) is 0 Å². The zero-order chi connectivity index (χ0) is 9.56. The highest BCUT2D eigenvalue weighted by molar-refractivity contribution is 9.11. The van der Waals surface area contributed by atoms with E-state index in [0.29, 0.717) is 6.42 Å². The van der Waals surface area contributed by atoms with Crippen LogP contribution < -0.4 is 0 Å². The lowest BCUT2D eigenvalue weighted by Gasteiger charge is -1.99. The summed E-state index contributed by atoms with van der Waals surface area (Å²) in [5, 5.41) is 8.42. The molecule has 0 aromatic heterocycles. The van der Waals surface area contributed by atoms with Crippen molar-refractivity contribution in [1.29, 1.82) is 0 Å². The summed E-state index contributed by atoms with van der Waals surface area (Å²) in [5.41, 5.74) is 1.07. The zero-order valence-corrected chi connectivity index (χ0v) is 8.89. The minimum atomic E-state index is -0.755. The van der Waals surface area contributed by atoms with Gasteiger partial charge in [-0.1, -0.05) is 33.7 Å². The standard InChI is InChI=1S/C9H13BrO2/c1-3-4-8(10)7(2)5-6-9(11)12/h3-4H,5-6H2,1-2H3,(H,11,12)/b4-3-,8-7+. The molecule has 68 valence electrons. The molecule has 0 saturated heterocycles. The van der Waals surface area contributed by atoms with E-state index in [1.807, 2.05) is 26.0 Å². The SMILES string of the molecule is C/C=C\C(Br)=C(\C)CCC(=O)O. The number of allylic oxidation sites excluding steroid dienone is 4. The fourth-order valence-electron chi connectivity index (χ4n) is 0.702. The fourth-order valence-corrected chi connectivity index (χ4v) is 1.17. The Bertz CT molecular complexity index is 217. The highest BCUT2D eigenvalue weighted by Gasteiger charge is 1.99. The molecule has 2 nitrogen and oxygen atoms in total. The van der Waals surface area contributed by atoms with E-state index in [2.05, 4.69) is 15.9 Å². The topological polar surface area (TPSA) is 37.3 Å². The Morgan fingerprint density at radius 2 is 2.08 bits per heavy atom. The van der Waals surface area contributed by atoms with E-state index in [1.54, 1.807) is 0 Å². The molecule has 0 spiro atoms. The summed E-state index contributed by atoms with van der Waals surface area (Å²) in [6.45, 7) is 3.85. The highest BCUT2D eigenvalue weighted by atomic mass is 79.9. The van der Waals surface area contributed by atoms with E-state index >= 15 is 0 Å². The van der Waals surface area contributed by atoms with Gasteiger partial charge in [-0.15, -0.1) is 0 Å². The van der Waals surface area contributed by atoms with Gasteiger partial charge >= 0.3 is 5.97 Å². The van der Waals surface area contributed by atoms with Crippen LogP contribution in [0.1, 0.15) is 26.7 Å². The molecule has 3 heteroatoms. The molecule has 0 saturated carbocycles. The third kappa shape index (κ3) is 5.13. The molecule has 0 unspecified atom stereocenters. The molecule has 0 aliphatic rings. The Kier molecular flexibility index (Phi) is 5.72. The number of hydrogen-bond donors (Lipinski definition) is 1. The fraction of sp³-hybridized carbons (Fsp3) is 0.444. The van der Waals surface area contributed by atoms with Crippen LogP contribution in [0.3, 0.4) is 0 Å². The van der Waals surface area contributed by atoms with Crippen molar-refractivity contribution in [3.05, 3.63) is 22.2 Å². The molecule has 0 radical (unpaired) electrons. The Hall–Kier alpha value is -0.570. The minimum absolute atomic E-state index is 0.193. The van der Waals surface area contributed by atoms with Crippen LogP contribution in [0.4, 0.5) is 0 Å². The molecule has 0 aromatic rings. The van der Waals surface area contributed by atoms with E-state index in [9.17, 15) is 4.79 Å². The van der Waals surface area contributed by atoms with Crippen LogP contribution >= 0.6 is 15.9 Å². The van der Waals surface area contributed by atoms with E-state index < -0.39 is 5.97 Å². The molecular formula is C9H13BrO2. The molecule has 0 atom stereocenters. The lowest BCUT2D eigenvalue weighted by atomic mass is 10.1. The van der Waals surface area contributed by atoms with Gasteiger partial charge in [-0.2, -0.15) is 0 Å². The van der Waals surface area contributed by atoms with Gasteiger partial charge in [-0.25, -0.2) is 0 Å². The largest absolute Gasteiger partial charge is 0.481 e. The first-order valence-corrected chi connectivity index (χ1v) is 4.57. The van der Waals surface area contributed by atoms with Gasteiger partial charge in [0.25, 0.3) is 0 Å². The molecule has 0 aromatic carbocycles. The molecule has 0 bridgehead atoms. The van der Waals surface area contributed by atoms with Crippen LogP contribution in [-0.4, -0.2) is 11.1 Å². The maximum absolute atomic E-state index is 10.2. The first-order chi connectivity index (χ1) is 5.57. The summed E-state index contributed by atoms with van der Waals surface area (Å²) >= 11 is 3.35. The molecule has 1 N–H and O–H groups in total. The first-order valence-electron chi connectivity index (χ1n) is 3.77. The second-order valence-electron chi connectivity index (χ2n) is 2.52. The van der Waals surface area contributed by atoms with Gasteiger partial charge in [-0.3, -0.25) is 4.79 Å². The lowest BCUT2D eigenvalue weighted by molar-refractivity contribution is -0.136. The minimum Gasteiger partial charge on any atom is -0.481 e. The van der Waals surface area contributed by atoms with Crippen molar-refractivity contribution in [3.63, 3.8) is 0 Å². The second-order valence-corrected chi connectivity index (χ2v) is 3.38. The van der Waals surface area contributed by atoms with E-state index in [-0.39, 0.29) is 6.42 Å². The van der Waals surface area contributed by atoms with Crippen molar-refractivity contribution < 1.29 is 9.90 Å². The molecular weight excluding hydrogens is 220 g/mol. The van der Waals surface area contributed by atoms with Gasteiger partial charge in [0.15, 0.2) is 0 Å². The Morgan fingerprint density at radius 3 is 2.50 bits per heavy atom. The van der Waals surface area contributed by atoms with Crippen molar-refractivity contribution in [3.8, 4) is 0 Å². The van der Waals surface area contributed by atoms with Crippen LogP contribution in [0, 0.1) is 0 Å². The first kappa shape index (κ1) is 11.4. The van der Waals surface area contributed by atoms with Crippen molar-refractivity contribution in [2.24, 2.45) is 0 Å². The molecule has 12 heavy (non-hydrogen) atoms. The van der Waals surface area contributed by atoms with Crippen LogP contribution in [0.5, 0.6) is 0 Å². The van der Waals surface area contributed by atoms with Gasteiger partial charge in [-0.05, 0) is 20.3 Å². The number of rotatable bonds is 4. The maximum Gasteiger partial charge on any atom is 0.303 e. The third-order valence-electron chi connectivity index (χ3n) is 1.43. The average molecular weight is 233 g/mol. The second kappa shape index (κ2) is 6.00. The number of carbonyl (C=O) groups is 1. The predicted molar refractivity (Wildman–Crippen MR) is 53.3 cm³/mol. The summed E-state index contributed by atoms with van der Waals surface area (Å²) in [7, 11) is 0. The van der Waals surface area contributed by atoms with E-state index in [4.69, 9.17) is 5.11 Å². The third-order valence-corrected chi connectivity index (χ3v) is 2.38. The zero-order valence-electron chi connectivity index (χ0n) is 7.30. The van der Waals surface area contributed by atoms with Gasteiger partial charge in [0, 0.05) is 10.9 Å². The smallest absolute Gasteiger partial charge is 0.303 e. The highest BCUT2D eigenvalue weighted by Crippen LogP contribution is 2.17. The molecule has 0 heterocycles. The summed E-state index contributed by atoms with van der Waals surface area (Å²) in [6.07, 6.45) is 4.62. The molecule has 0 aliphatic heterocycles. The van der Waals surface area contributed by atoms with Gasteiger partial charge in [0.1, 0.15) is 0 Å². The number of aliphatic carboxylic acids is 1. The molecule has 0 aliphatic carbocycles. The molecule has 0 rings (SSSR count). The Balaban J connectivity index is 4.08. The predicted octanol–water partition coefficient (Wildman–Crippen LogP) is 3.10. The van der Waals surface area contributed by atoms with Crippen LogP contribution in [0.2, 0.25) is 0 Å². The molecule has 0 amide bonds. The quantitative estimate of drug-likeness (QED) is 0.757. The summed E-state index contributed by atoms with van der Waals surface area (Å²) < 4.78 is 0.978. The summed E-state index contributed by atoms with van der Waals surface area (Å²) in [6, 6.07) is 0.